The van der Waals surface area contributed by atoms with Crippen LogP contribution in [0.3, 0.4) is 0 Å². The van der Waals surface area contributed by atoms with E-state index in [1.165, 1.54) is 0 Å². The van der Waals surface area contributed by atoms with E-state index in [-0.39, 0.29) is 30.3 Å². The van der Waals surface area contributed by atoms with E-state index in [2.05, 4.69) is 5.32 Å². The lowest BCUT2D eigenvalue weighted by Crippen LogP contribution is -2.26. The fourth-order valence-corrected chi connectivity index (χ4v) is 2.46. The fourth-order valence-electron chi connectivity index (χ4n) is 2.46. The SMILES string of the molecule is COc1ccc(CCC(=O)Nc2ccccc2C(=O)OCC(=O)C(C)(C)C)cc1. The summed E-state index contributed by atoms with van der Waals surface area (Å²) in [4.78, 5) is 36.7. The summed E-state index contributed by atoms with van der Waals surface area (Å²) in [7, 11) is 1.60. The van der Waals surface area contributed by atoms with Crippen molar-refractivity contribution in [3.05, 3.63) is 59.7 Å². The molecule has 1 N–H and O–H groups in total. The number of anilines is 1. The number of para-hydroxylation sites is 1. The van der Waals surface area contributed by atoms with Crippen LogP contribution in [0.15, 0.2) is 48.5 Å². The maximum Gasteiger partial charge on any atom is 0.340 e. The summed E-state index contributed by atoms with van der Waals surface area (Å²) in [5.41, 5.74) is 0.997. The monoisotopic (exact) mass is 397 g/mol. The summed E-state index contributed by atoms with van der Waals surface area (Å²) in [5.74, 6) is -0.275. The molecule has 0 aliphatic heterocycles. The van der Waals surface area contributed by atoms with Gasteiger partial charge >= 0.3 is 5.97 Å². The third-order valence-electron chi connectivity index (χ3n) is 4.39. The predicted octanol–water partition coefficient (Wildman–Crippen LogP) is 4.04. The van der Waals surface area contributed by atoms with Gasteiger partial charge in [0.2, 0.25) is 5.91 Å². The molecule has 0 bridgehead atoms. The van der Waals surface area contributed by atoms with Crippen LogP contribution in [0.2, 0.25) is 0 Å². The molecular weight excluding hydrogens is 370 g/mol. The Morgan fingerprint density at radius 3 is 2.24 bits per heavy atom. The van der Waals surface area contributed by atoms with Crippen molar-refractivity contribution in [2.24, 2.45) is 5.41 Å². The van der Waals surface area contributed by atoms with Crippen LogP contribution in [-0.2, 0) is 20.7 Å². The van der Waals surface area contributed by atoms with E-state index in [0.717, 1.165) is 11.3 Å². The lowest BCUT2D eigenvalue weighted by atomic mass is 9.91. The summed E-state index contributed by atoms with van der Waals surface area (Å²) in [6, 6.07) is 14.1. The number of methoxy groups -OCH3 is 1. The van der Waals surface area contributed by atoms with E-state index in [4.69, 9.17) is 9.47 Å². The number of ketones is 1. The molecule has 0 aromatic heterocycles. The van der Waals surface area contributed by atoms with Gasteiger partial charge in [0.25, 0.3) is 0 Å². The third-order valence-corrected chi connectivity index (χ3v) is 4.39. The quantitative estimate of drug-likeness (QED) is 0.680. The van der Waals surface area contributed by atoms with Gasteiger partial charge in [-0.2, -0.15) is 0 Å². The van der Waals surface area contributed by atoms with E-state index in [0.29, 0.717) is 12.1 Å². The molecule has 0 fully saturated rings. The highest BCUT2D eigenvalue weighted by molar-refractivity contribution is 6.02. The molecular formula is C23H27NO5. The van der Waals surface area contributed by atoms with Gasteiger partial charge in [-0.05, 0) is 36.2 Å². The number of carbonyl (C=O) groups is 3. The van der Waals surface area contributed by atoms with Crippen LogP contribution >= 0.6 is 0 Å². The van der Waals surface area contributed by atoms with Crippen LogP contribution in [0.5, 0.6) is 5.75 Å². The zero-order valence-electron chi connectivity index (χ0n) is 17.3. The first-order valence-corrected chi connectivity index (χ1v) is 9.43. The molecule has 6 nitrogen and oxygen atoms in total. The van der Waals surface area contributed by atoms with Gasteiger partial charge in [0.05, 0.1) is 18.4 Å². The Balaban J connectivity index is 1.95. The maximum atomic E-state index is 12.4. The molecule has 0 atom stereocenters. The van der Waals surface area contributed by atoms with Gasteiger partial charge < -0.3 is 14.8 Å². The Kier molecular flexibility index (Phi) is 7.53. The number of amides is 1. The number of hydrogen-bond acceptors (Lipinski definition) is 5. The number of carbonyl (C=O) groups excluding carboxylic acids is 3. The minimum atomic E-state index is -0.645. The molecule has 0 aliphatic rings. The molecule has 2 rings (SSSR count). The number of hydrogen-bond donors (Lipinski definition) is 1. The number of nitrogens with one attached hydrogen (secondary N) is 1. The second kappa shape index (κ2) is 9.87. The van der Waals surface area contributed by atoms with Crippen molar-refractivity contribution in [3.8, 4) is 5.75 Å². The molecule has 2 aromatic carbocycles. The molecule has 0 heterocycles. The van der Waals surface area contributed by atoms with Crippen LogP contribution in [0.25, 0.3) is 0 Å². The molecule has 0 unspecified atom stereocenters. The zero-order valence-corrected chi connectivity index (χ0v) is 17.3. The van der Waals surface area contributed by atoms with E-state index >= 15 is 0 Å². The van der Waals surface area contributed by atoms with Crippen molar-refractivity contribution >= 4 is 23.3 Å². The summed E-state index contributed by atoms with van der Waals surface area (Å²) in [6.07, 6.45) is 0.820. The summed E-state index contributed by atoms with van der Waals surface area (Å²) < 4.78 is 10.3. The Hall–Kier alpha value is -3.15. The first-order valence-electron chi connectivity index (χ1n) is 9.43. The summed E-state index contributed by atoms with van der Waals surface area (Å²) in [6.45, 7) is 4.99. The van der Waals surface area contributed by atoms with Crippen molar-refractivity contribution < 1.29 is 23.9 Å². The van der Waals surface area contributed by atoms with Crippen molar-refractivity contribution in [1.82, 2.24) is 0 Å². The second-order valence-electron chi connectivity index (χ2n) is 7.69. The Morgan fingerprint density at radius 2 is 1.62 bits per heavy atom. The molecule has 1 amide bonds. The van der Waals surface area contributed by atoms with E-state index in [1.807, 2.05) is 24.3 Å². The molecule has 0 saturated heterocycles. The molecule has 154 valence electrons. The van der Waals surface area contributed by atoms with Crippen molar-refractivity contribution in [3.63, 3.8) is 0 Å². The average Bonchev–Trinajstić information content (AvgIpc) is 2.70. The standard InChI is InChI=1S/C23H27NO5/c1-23(2,3)20(25)15-29-22(27)18-7-5-6-8-19(18)24-21(26)14-11-16-9-12-17(28-4)13-10-16/h5-10,12-13H,11,14-15H2,1-4H3,(H,24,26). The highest BCUT2D eigenvalue weighted by atomic mass is 16.5. The van der Waals surface area contributed by atoms with E-state index in [9.17, 15) is 14.4 Å². The van der Waals surface area contributed by atoms with Gasteiger partial charge in [-0.15, -0.1) is 0 Å². The third kappa shape index (κ3) is 6.75. The molecule has 6 heteroatoms. The normalized spacial score (nSPS) is 10.9. The van der Waals surface area contributed by atoms with Gasteiger partial charge in [-0.3, -0.25) is 9.59 Å². The van der Waals surface area contributed by atoms with Crippen LogP contribution < -0.4 is 10.1 Å². The molecule has 0 aliphatic carbocycles. The van der Waals surface area contributed by atoms with Crippen molar-refractivity contribution in [1.29, 1.82) is 0 Å². The Labute approximate surface area is 171 Å². The number of aryl methyl sites for hydroxylation is 1. The minimum absolute atomic E-state index is 0.174. The maximum absolute atomic E-state index is 12.4. The van der Waals surface area contributed by atoms with Crippen LogP contribution in [0.4, 0.5) is 5.69 Å². The van der Waals surface area contributed by atoms with Gasteiger partial charge in [0.1, 0.15) is 5.75 Å². The average molecular weight is 397 g/mol. The first-order chi connectivity index (χ1) is 13.7. The van der Waals surface area contributed by atoms with Crippen molar-refractivity contribution in [2.75, 3.05) is 19.0 Å². The topological polar surface area (TPSA) is 81.7 Å². The molecule has 0 saturated carbocycles. The van der Waals surface area contributed by atoms with E-state index in [1.54, 1.807) is 52.1 Å². The van der Waals surface area contributed by atoms with Crippen LogP contribution in [-0.4, -0.2) is 31.4 Å². The Morgan fingerprint density at radius 1 is 0.966 bits per heavy atom. The number of esters is 1. The lowest BCUT2D eigenvalue weighted by molar-refractivity contribution is -0.129. The summed E-state index contributed by atoms with van der Waals surface area (Å²) >= 11 is 0. The first kappa shape index (κ1) is 22.1. The number of ether oxygens (including phenoxy) is 2. The number of Topliss-reactive ketones (excluding diaryl/α,β-unsaturated/α-hetero) is 1. The van der Waals surface area contributed by atoms with Gasteiger partial charge in [0.15, 0.2) is 12.4 Å². The molecule has 29 heavy (non-hydrogen) atoms. The largest absolute Gasteiger partial charge is 0.497 e. The van der Waals surface area contributed by atoms with Gasteiger partial charge in [0, 0.05) is 11.8 Å². The molecule has 2 aromatic rings. The van der Waals surface area contributed by atoms with Gasteiger partial charge in [-0.1, -0.05) is 45.0 Å². The smallest absolute Gasteiger partial charge is 0.340 e. The van der Waals surface area contributed by atoms with Crippen LogP contribution in [0, 0.1) is 5.41 Å². The van der Waals surface area contributed by atoms with Crippen molar-refractivity contribution in [2.45, 2.75) is 33.6 Å². The fraction of sp³-hybridized carbons (Fsp3) is 0.348. The zero-order chi connectivity index (χ0) is 21.4. The Bertz CT molecular complexity index is 866. The molecule has 0 spiro atoms. The predicted molar refractivity (Wildman–Crippen MR) is 111 cm³/mol. The highest BCUT2D eigenvalue weighted by Crippen LogP contribution is 2.19. The highest BCUT2D eigenvalue weighted by Gasteiger charge is 2.23. The summed E-state index contributed by atoms with van der Waals surface area (Å²) in [5, 5.41) is 2.75. The van der Waals surface area contributed by atoms with Crippen LogP contribution in [0.1, 0.15) is 43.1 Å². The van der Waals surface area contributed by atoms with Gasteiger partial charge in [-0.25, -0.2) is 4.79 Å². The molecule has 0 radical (unpaired) electrons. The number of benzene rings is 2. The minimum Gasteiger partial charge on any atom is -0.497 e. The lowest BCUT2D eigenvalue weighted by Gasteiger charge is -2.16. The number of rotatable bonds is 8. The second-order valence-corrected chi connectivity index (χ2v) is 7.69. The van der Waals surface area contributed by atoms with E-state index < -0.39 is 11.4 Å².